The molecule has 152 valence electrons. The maximum Gasteiger partial charge on any atom is 0.162 e. The van der Waals surface area contributed by atoms with Gasteiger partial charge in [-0.15, -0.1) is 0 Å². The van der Waals surface area contributed by atoms with E-state index < -0.39 is 0 Å². The molecular weight excluding hydrogens is 473 g/mol. The van der Waals surface area contributed by atoms with Gasteiger partial charge < -0.3 is 14.8 Å². The number of benzene rings is 3. The van der Waals surface area contributed by atoms with Crippen LogP contribution in [0.15, 0.2) is 65.1 Å². The fourth-order valence-corrected chi connectivity index (χ4v) is 3.68. The predicted octanol–water partition coefficient (Wildman–Crippen LogP) is 6.68. The van der Waals surface area contributed by atoms with Crippen LogP contribution in [-0.2, 0) is 19.6 Å². The summed E-state index contributed by atoms with van der Waals surface area (Å²) in [5.41, 5.74) is 3.36. The highest BCUT2D eigenvalue weighted by Crippen LogP contribution is 2.34. The van der Waals surface area contributed by atoms with Crippen LogP contribution in [0.4, 0.5) is 0 Å². The van der Waals surface area contributed by atoms with Crippen LogP contribution < -0.4 is 14.8 Å². The van der Waals surface area contributed by atoms with Crippen LogP contribution in [0, 0.1) is 0 Å². The Balaban J connectivity index is 1.57. The maximum atomic E-state index is 6.04. The van der Waals surface area contributed by atoms with Crippen LogP contribution in [0.1, 0.15) is 16.7 Å². The Hall–Kier alpha value is -1.72. The van der Waals surface area contributed by atoms with E-state index in [4.69, 9.17) is 32.7 Å². The van der Waals surface area contributed by atoms with Crippen molar-refractivity contribution in [1.82, 2.24) is 5.32 Å². The molecule has 0 aromatic heterocycles. The summed E-state index contributed by atoms with van der Waals surface area (Å²) in [6, 6.07) is 19.5. The highest BCUT2D eigenvalue weighted by molar-refractivity contribution is 9.10. The first-order valence-corrected chi connectivity index (χ1v) is 10.8. The minimum atomic E-state index is 0.419. The van der Waals surface area contributed by atoms with E-state index in [0.717, 1.165) is 40.1 Å². The van der Waals surface area contributed by atoms with Gasteiger partial charge >= 0.3 is 0 Å². The Morgan fingerprint density at radius 1 is 0.897 bits per heavy atom. The highest BCUT2D eigenvalue weighted by atomic mass is 79.9. The maximum absolute atomic E-state index is 6.04. The van der Waals surface area contributed by atoms with Crippen LogP contribution in [-0.4, -0.2) is 13.7 Å². The van der Waals surface area contributed by atoms with E-state index in [1.807, 2.05) is 48.5 Å². The first kappa shape index (κ1) is 22.0. The molecule has 3 nitrogen and oxygen atoms in total. The average Bonchev–Trinajstić information content (AvgIpc) is 2.72. The molecule has 3 aromatic carbocycles. The third kappa shape index (κ3) is 6.65. The van der Waals surface area contributed by atoms with E-state index in [1.165, 1.54) is 5.56 Å². The molecular formula is C23H22BrCl2NO2. The van der Waals surface area contributed by atoms with Crippen molar-refractivity contribution < 1.29 is 9.47 Å². The Morgan fingerprint density at radius 2 is 1.69 bits per heavy atom. The zero-order valence-corrected chi connectivity index (χ0v) is 19.2. The Morgan fingerprint density at radius 3 is 2.41 bits per heavy atom. The molecule has 0 aliphatic rings. The Kier molecular flexibility index (Phi) is 8.25. The smallest absolute Gasteiger partial charge is 0.162 e. The van der Waals surface area contributed by atoms with Gasteiger partial charge in [-0.1, -0.05) is 63.4 Å². The van der Waals surface area contributed by atoms with Crippen LogP contribution in [0.3, 0.4) is 0 Å². The molecule has 0 radical (unpaired) electrons. The van der Waals surface area contributed by atoms with Gasteiger partial charge in [0.2, 0.25) is 0 Å². The van der Waals surface area contributed by atoms with E-state index in [-0.39, 0.29) is 0 Å². The summed E-state index contributed by atoms with van der Waals surface area (Å²) in [5.74, 6) is 1.38. The van der Waals surface area contributed by atoms with E-state index in [2.05, 4.69) is 33.4 Å². The lowest BCUT2D eigenvalue weighted by Crippen LogP contribution is -2.17. The van der Waals surface area contributed by atoms with Gasteiger partial charge in [0, 0.05) is 21.1 Å². The standard InChI is InChI=1S/C23H22BrCl2NO2/c1-28-22-12-18(14-27-10-9-16-5-7-19(25)8-6-16)21(24)13-23(22)29-15-17-3-2-4-20(26)11-17/h2-8,11-13,27H,9-10,14-15H2,1H3. The summed E-state index contributed by atoms with van der Waals surface area (Å²) in [7, 11) is 1.65. The van der Waals surface area contributed by atoms with Crippen molar-refractivity contribution in [3.8, 4) is 11.5 Å². The van der Waals surface area contributed by atoms with E-state index in [1.54, 1.807) is 7.11 Å². The van der Waals surface area contributed by atoms with Gasteiger partial charge in [-0.3, -0.25) is 0 Å². The van der Waals surface area contributed by atoms with Crippen molar-refractivity contribution in [2.45, 2.75) is 19.6 Å². The van der Waals surface area contributed by atoms with Crippen molar-refractivity contribution in [1.29, 1.82) is 0 Å². The van der Waals surface area contributed by atoms with Gasteiger partial charge in [0.05, 0.1) is 7.11 Å². The number of nitrogens with one attached hydrogen (secondary N) is 1. The zero-order chi connectivity index (χ0) is 20.6. The molecule has 6 heteroatoms. The molecule has 0 aliphatic carbocycles. The summed E-state index contributed by atoms with van der Waals surface area (Å²) in [6.45, 7) is 2.00. The molecule has 0 unspecified atom stereocenters. The molecule has 0 saturated heterocycles. The lowest BCUT2D eigenvalue weighted by Gasteiger charge is -2.15. The monoisotopic (exact) mass is 493 g/mol. The minimum absolute atomic E-state index is 0.419. The molecule has 3 rings (SSSR count). The topological polar surface area (TPSA) is 30.5 Å². The quantitative estimate of drug-likeness (QED) is 0.336. The van der Waals surface area contributed by atoms with Gasteiger partial charge in [-0.25, -0.2) is 0 Å². The van der Waals surface area contributed by atoms with Gasteiger partial charge in [-0.05, 0) is 66.1 Å². The predicted molar refractivity (Wildman–Crippen MR) is 123 cm³/mol. The number of rotatable bonds is 9. The second-order valence-corrected chi connectivity index (χ2v) is 8.29. The third-order valence-corrected chi connectivity index (χ3v) is 5.66. The molecule has 0 fully saturated rings. The minimum Gasteiger partial charge on any atom is -0.493 e. The fourth-order valence-electron chi connectivity index (χ4n) is 2.88. The lowest BCUT2D eigenvalue weighted by molar-refractivity contribution is 0.284. The van der Waals surface area contributed by atoms with Gasteiger partial charge in [0.1, 0.15) is 6.61 Å². The number of hydrogen-bond donors (Lipinski definition) is 1. The van der Waals surface area contributed by atoms with Gasteiger partial charge in [0.25, 0.3) is 0 Å². The lowest BCUT2D eigenvalue weighted by atomic mass is 10.1. The van der Waals surface area contributed by atoms with Crippen molar-refractivity contribution >= 4 is 39.1 Å². The average molecular weight is 495 g/mol. The SMILES string of the molecule is COc1cc(CNCCc2ccc(Cl)cc2)c(Br)cc1OCc1cccc(Cl)c1. The summed E-state index contributed by atoms with van der Waals surface area (Å²) < 4.78 is 12.5. The molecule has 0 bridgehead atoms. The van der Waals surface area contributed by atoms with E-state index >= 15 is 0 Å². The first-order valence-electron chi connectivity index (χ1n) is 9.24. The molecule has 0 spiro atoms. The van der Waals surface area contributed by atoms with Crippen LogP contribution in [0.5, 0.6) is 11.5 Å². The van der Waals surface area contributed by atoms with E-state index in [9.17, 15) is 0 Å². The molecule has 3 aromatic rings. The van der Waals surface area contributed by atoms with Crippen LogP contribution in [0.2, 0.25) is 10.0 Å². The zero-order valence-electron chi connectivity index (χ0n) is 16.1. The van der Waals surface area contributed by atoms with Crippen LogP contribution in [0.25, 0.3) is 0 Å². The van der Waals surface area contributed by atoms with Gasteiger partial charge in [0.15, 0.2) is 11.5 Å². The summed E-state index contributed by atoms with van der Waals surface area (Å²) in [6.07, 6.45) is 0.937. The second-order valence-electron chi connectivity index (χ2n) is 6.57. The summed E-state index contributed by atoms with van der Waals surface area (Å²) in [4.78, 5) is 0. The molecule has 0 atom stereocenters. The Labute approximate surface area is 190 Å². The normalized spacial score (nSPS) is 10.8. The molecule has 29 heavy (non-hydrogen) atoms. The van der Waals surface area contributed by atoms with Crippen molar-refractivity contribution in [3.63, 3.8) is 0 Å². The number of halogens is 3. The fraction of sp³-hybridized carbons (Fsp3) is 0.217. The second kappa shape index (κ2) is 10.9. The van der Waals surface area contributed by atoms with E-state index in [0.29, 0.717) is 23.1 Å². The molecule has 1 N–H and O–H groups in total. The largest absolute Gasteiger partial charge is 0.493 e. The number of ether oxygens (including phenoxy) is 2. The van der Waals surface area contributed by atoms with Gasteiger partial charge in [-0.2, -0.15) is 0 Å². The molecule has 0 aliphatic heterocycles. The van der Waals surface area contributed by atoms with Crippen LogP contribution >= 0.6 is 39.1 Å². The first-order chi connectivity index (χ1) is 14.0. The molecule has 0 amide bonds. The van der Waals surface area contributed by atoms with Crippen molar-refractivity contribution in [3.05, 3.63) is 91.9 Å². The number of methoxy groups -OCH3 is 1. The van der Waals surface area contributed by atoms with Crippen molar-refractivity contribution in [2.24, 2.45) is 0 Å². The van der Waals surface area contributed by atoms with Crippen molar-refractivity contribution in [2.75, 3.05) is 13.7 Å². The highest BCUT2D eigenvalue weighted by Gasteiger charge is 2.11. The Bertz CT molecular complexity index is 948. The third-order valence-electron chi connectivity index (χ3n) is 4.44. The molecule has 0 heterocycles. The number of hydrogen-bond acceptors (Lipinski definition) is 3. The summed E-state index contributed by atoms with van der Waals surface area (Å²) >= 11 is 15.6. The molecule has 0 saturated carbocycles. The summed E-state index contributed by atoms with van der Waals surface area (Å²) in [5, 5.41) is 4.92.